The van der Waals surface area contributed by atoms with Gasteiger partial charge in [-0.2, -0.15) is 0 Å². The molecule has 0 aliphatic rings. The summed E-state index contributed by atoms with van der Waals surface area (Å²) in [7, 11) is 0. The number of hydrogen-bond donors (Lipinski definition) is 3. The molecule has 0 bridgehead atoms. The molecule has 0 atom stereocenters. The predicted molar refractivity (Wildman–Crippen MR) is 68.6 cm³/mol. The molecule has 2 aromatic rings. The molecular weight excluding hydrogens is 228 g/mol. The molecule has 4 N–H and O–H groups in total. The smallest absolute Gasteiger partial charge is 0.314 e. The average Bonchev–Trinajstić information content (AvgIpc) is 2.40. The van der Waals surface area contributed by atoms with E-state index in [0.29, 0.717) is 11.1 Å². The number of primary amides is 1. The Bertz CT molecular complexity index is 487. The van der Waals surface area contributed by atoms with E-state index in [1.165, 1.54) is 0 Å². The molecule has 0 spiro atoms. The molecule has 92 valence electrons. The first kappa shape index (κ1) is 12.1. The van der Waals surface area contributed by atoms with Crippen molar-refractivity contribution in [3.05, 3.63) is 71.8 Å². The Balaban J connectivity index is 2.51. The third kappa shape index (κ3) is 2.33. The summed E-state index contributed by atoms with van der Waals surface area (Å²) in [5.41, 5.74) is 4.63. The van der Waals surface area contributed by atoms with E-state index in [4.69, 9.17) is 5.73 Å². The van der Waals surface area contributed by atoms with Crippen molar-refractivity contribution in [2.24, 2.45) is 5.73 Å². The number of urea groups is 1. The van der Waals surface area contributed by atoms with Crippen molar-refractivity contribution in [2.75, 3.05) is 0 Å². The summed E-state index contributed by atoms with van der Waals surface area (Å²) in [6.45, 7) is 0. The van der Waals surface area contributed by atoms with Crippen LogP contribution in [0.1, 0.15) is 11.1 Å². The van der Waals surface area contributed by atoms with Crippen LogP contribution in [0.25, 0.3) is 0 Å². The molecule has 2 amide bonds. The molecule has 0 heterocycles. The Kier molecular flexibility index (Phi) is 3.30. The number of nitrogens with two attached hydrogens (primary N) is 1. The highest BCUT2D eigenvalue weighted by molar-refractivity contribution is 5.73. The minimum atomic E-state index is -1.62. The molecule has 2 aromatic carbocycles. The van der Waals surface area contributed by atoms with E-state index in [-0.39, 0.29) is 0 Å². The van der Waals surface area contributed by atoms with E-state index in [2.05, 4.69) is 5.32 Å². The van der Waals surface area contributed by atoms with Gasteiger partial charge in [-0.1, -0.05) is 60.7 Å². The number of aliphatic hydroxyl groups is 1. The number of hydrogen-bond acceptors (Lipinski definition) is 2. The first-order chi connectivity index (χ1) is 8.63. The summed E-state index contributed by atoms with van der Waals surface area (Å²) in [5.74, 6) is 0. The molecule has 0 aliphatic heterocycles. The molecule has 0 aromatic heterocycles. The highest BCUT2D eigenvalue weighted by Crippen LogP contribution is 2.26. The molecule has 0 radical (unpaired) electrons. The van der Waals surface area contributed by atoms with Gasteiger partial charge in [-0.15, -0.1) is 0 Å². The number of carbonyl (C=O) groups excluding carboxylic acids is 1. The fraction of sp³-hybridized carbons (Fsp3) is 0.0714. The number of carbonyl (C=O) groups is 1. The zero-order valence-corrected chi connectivity index (χ0v) is 9.71. The summed E-state index contributed by atoms with van der Waals surface area (Å²) in [4.78, 5) is 11.1. The number of amides is 2. The molecule has 0 aliphatic carbocycles. The maximum absolute atomic E-state index is 11.1. The molecule has 2 rings (SSSR count). The number of benzene rings is 2. The fourth-order valence-electron chi connectivity index (χ4n) is 1.85. The third-order valence-electron chi connectivity index (χ3n) is 2.69. The van der Waals surface area contributed by atoms with Gasteiger partial charge < -0.3 is 16.2 Å². The van der Waals surface area contributed by atoms with E-state index in [1.807, 2.05) is 12.1 Å². The molecular formula is C14H14N2O2. The second-order valence-corrected chi connectivity index (χ2v) is 3.93. The van der Waals surface area contributed by atoms with Crippen molar-refractivity contribution >= 4 is 6.03 Å². The van der Waals surface area contributed by atoms with Crippen LogP contribution in [0.2, 0.25) is 0 Å². The molecule has 0 fully saturated rings. The third-order valence-corrected chi connectivity index (χ3v) is 2.69. The van der Waals surface area contributed by atoms with Crippen LogP contribution in [-0.4, -0.2) is 11.1 Å². The van der Waals surface area contributed by atoms with Crippen LogP contribution in [0.4, 0.5) is 4.79 Å². The van der Waals surface area contributed by atoms with E-state index >= 15 is 0 Å². The monoisotopic (exact) mass is 242 g/mol. The van der Waals surface area contributed by atoms with Crippen LogP contribution in [0.5, 0.6) is 0 Å². The first-order valence-electron chi connectivity index (χ1n) is 5.54. The van der Waals surface area contributed by atoms with Gasteiger partial charge in [0.05, 0.1) is 0 Å². The van der Waals surface area contributed by atoms with Gasteiger partial charge in [0.1, 0.15) is 0 Å². The van der Waals surface area contributed by atoms with Crippen molar-refractivity contribution in [1.29, 1.82) is 0 Å². The van der Waals surface area contributed by atoms with Crippen LogP contribution >= 0.6 is 0 Å². The lowest BCUT2D eigenvalue weighted by Gasteiger charge is -2.29. The van der Waals surface area contributed by atoms with Gasteiger partial charge in [-0.05, 0) is 0 Å². The highest BCUT2D eigenvalue weighted by Gasteiger charge is 2.32. The summed E-state index contributed by atoms with van der Waals surface area (Å²) >= 11 is 0. The van der Waals surface area contributed by atoms with Gasteiger partial charge in [-0.3, -0.25) is 0 Å². The van der Waals surface area contributed by atoms with E-state index in [0.717, 1.165) is 0 Å². The second kappa shape index (κ2) is 4.89. The van der Waals surface area contributed by atoms with Crippen molar-refractivity contribution in [3.8, 4) is 0 Å². The quantitative estimate of drug-likeness (QED) is 0.714. The molecule has 4 nitrogen and oxygen atoms in total. The molecule has 18 heavy (non-hydrogen) atoms. The van der Waals surface area contributed by atoms with Crippen LogP contribution in [0.15, 0.2) is 60.7 Å². The fourth-order valence-corrected chi connectivity index (χ4v) is 1.85. The molecule has 0 saturated carbocycles. The average molecular weight is 242 g/mol. The molecule has 0 saturated heterocycles. The maximum atomic E-state index is 11.1. The zero-order valence-electron chi connectivity index (χ0n) is 9.71. The van der Waals surface area contributed by atoms with Gasteiger partial charge in [0.2, 0.25) is 0 Å². The summed E-state index contributed by atoms with van der Waals surface area (Å²) < 4.78 is 0. The summed E-state index contributed by atoms with van der Waals surface area (Å²) in [6.07, 6.45) is 0. The predicted octanol–water partition coefficient (Wildman–Crippen LogP) is 1.55. The maximum Gasteiger partial charge on any atom is 0.314 e. The van der Waals surface area contributed by atoms with Crippen LogP contribution < -0.4 is 11.1 Å². The van der Waals surface area contributed by atoms with Crippen LogP contribution in [0.3, 0.4) is 0 Å². The minimum absolute atomic E-state index is 0.551. The number of rotatable bonds is 3. The van der Waals surface area contributed by atoms with E-state index in [9.17, 15) is 9.90 Å². The van der Waals surface area contributed by atoms with E-state index < -0.39 is 11.8 Å². The summed E-state index contributed by atoms with van der Waals surface area (Å²) in [6, 6.07) is 16.9. The topological polar surface area (TPSA) is 75.4 Å². The van der Waals surface area contributed by atoms with Gasteiger partial charge >= 0.3 is 6.03 Å². The highest BCUT2D eigenvalue weighted by atomic mass is 16.3. The molecule has 4 heteroatoms. The Morgan fingerprint density at radius 3 is 1.67 bits per heavy atom. The lowest BCUT2D eigenvalue weighted by molar-refractivity contribution is 0.0556. The Labute approximate surface area is 105 Å². The normalized spacial score (nSPS) is 10.9. The van der Waals surface area contributed by atoms with Crippen LogP contribution in [0, 0.1) is 0 Å². The van der Waals surface area contributed by atoms with Crippen molar-refractivity contribution in [1.82, 2.24) is 5.32 Å². The standard InChI is InChI=1S/C14H14N2O2/c15-13(17)16-14(18,11-7-3-1-4-8-11)12-9-5-2-6-10-12/h1-10,18H,(H3,15,16,17). The van der Waals surface area contributed by atoms with Gasteiger partial charge in [0.15, 0.2) is 5.72 Å². The minimum Gasteiger partial charge on any atom is -0.363 e. The SMILES string of the molecule is NC(=O)NC(O)(c1ccccc1)c1ccccc1. The first-order valence-corrected chi connectivity index (χ1v) is 5.54. The van der Waals surface area contributed by atoms with E-state index in [1.54, 1.807) is 48.5 Å². The Morgan fingerprint density at radius 2 is 1.33 bits per heavy atom. The zero-order chi connectivity index (χ0) is 13.0. The second-order valence-electron chi connectivity index (χ2n) is 3.93. The lowest BCUT2D eigenvalue weighted by atomic mass is 9.94. The molecule has 0 unspecified atom stereocenters. The lowest BCUT2D eigenvalue weighted by Crippen LogP contribution is -2.49. The van der Waals surface area contributed by atoms with Gasteiger partial charge in [-0.25, -0.2) is 4.79 Å². The number of nitrogens with one attached hydrogen (secondary N) is 1. The van der Waals surface area contributed by atoms with Crippen molar-refractivity contribution in [2.45, 2.75) is 5.72 Å². The van der Waals surface area contributed by atoms with Gasteiger partial charge in [0.25, 0.3) is 0 Å². The Hall–Kier alpha value is -2.33. The van der Waals surface area contributed by atoms with Crippen molar-refractivity contribution < 1.29 is 9.90 Å². The van der Waals surface area contributed by atoms with Crippen LogP contribution in [-0.2, 0) is 5.72 Å². The van der Waals surface area contributed by atoms with Crippen molar-refractivity contribution in [3.63, 3.8) is 0 Å². The Morgan fingerprint density at radius 1 is 0.944 bits per heavy atom. The van der Waals surface area contributed by atoms with Gasteiger partial charge in [0, 0.05) is 11.1 Å². The largest absolute Gasteiger partial charge is 0.363 e. The summed E-state index contributed by atoms with van der Waals surface area (Å²) in [5, 5.41) is 13.1.